The molecule has 0 spiro atoms. The molecule has 0 aliphatic rings. The molecule has 31 heavy (non-hydrogen) atoms. The lowest BCUT2D eigenvalue weighted by Gasteiger charge is -2.29. The summed E-state index contributed by atoms with van der Waals surface area (Å²) < 4.78 is 0. The van der Waals surface area contributed by atoms with Gasteiger partial charge in [-0.3, -0.25) is 9.78 Å². The summed E-state index contributed by atoms with van der Waals surface area (Å²) in [5, 5.41) is 12.6. The normalized spacial score (nSPS) is 11.8. The maximum atomic E-state index is 13.3. The minimum absolute atomic E-state index is 0.00285. The molecule has 0 aliphatic heterocycles. The summed E-state index contributed by atoms with van der Waals surface area (Å²) >= 11 is 0. The zero-order valence-electron chi connectivity index (χ0n) is 17.6. The second-order valence-electron chi connectivity index (χ2n) is 7.45. The van der Waals surface area contributed by atoms with E-state index in [2.05, 4.69) is 20.4 Å². The topological polar surface area (TPSA) is 76.8 Å². The molecule has 0 saturated carbocycles. The highest BCUT2D eigenvalue weighted by atomic mass is 16.2. The van der Waals surface area contributed by atoms with Crippen LogP contribution < -0.4 is 0 Å². The molecule has 2 aromatic heterocycles. The number of tetrazole rings is 1. The highest BCUT2D eigenvalue weighted by Crippen LogP contribution is 2.21. The third-order valence-electron chi connectivity index (χ3n) is 5.14. The first-order valence-electron chi connectivity index (χ1n) is 10.2. The lowest BCUT2D eigenvalue weighted by Crippen LogP contribution is -2.36. The van der Waals surface area contributed by atoms with E-state index >= 15 is 0 Å². The van der Waals surface area contributed by atoms with Crippen LogP contribution in [0.4, 0.5) is 0 Å². The first-order valence-corrected chi connectivity index (χ1v) is 10.2. The number of benzene rings is 2. The van der Waals surface area contributed by atoms with Gasteiger partial charge in [-0.15, -0.1) is 10.2 Å². The molecule has 0 radical (unpaired) electrons. The molecule has 2 aromatic carbocycles. The molecule has 0 saturated heterocycles. The zero-order chi connectivity index (χ0) is 21.6. The number of hydrogen-bond donors (Lipinski definition) is 0. The number of nitrogens with zero attached hydrogens (tertiary/aromatic N) is 6. The van der Waals surface area contributed by atoms with Crippen molar-refractivity contribution in [1.29, 1.82) is 0 Å². The Morgan fingerprint density at radius 2 is 1.74 bits per heavy atom. The summed E-state index contributed by atoms with van der Waals surface area (Å²) in [6, 6.07) is 23.3. The third-order valence-corrected chi connectivity index (χ3v) is 5.14. The van der Waals surface area contributed by atoms with E-state index in [1.54, 1.807) is 11.1 Å². The summed E-state index contributed by atoms with van der Waals surface area (Å²) in [4.78, 5) is 20.9. The molecule has 0 aliphatic carbocycles. The van der Waals surface area contributed by atoms with Gasteiger partial charge in [-0.05, 0) is 36.8 Å². The van der Waals surface area contributed by atoms with Gasteiger partial charge in [-0.1, -0.05) is 66.2 Å². The van der Waals surface area contributed by atoms with Gasteiger partial charge in [0.25, 0.3) is 0 Å². The Bertz CT molecular complexity index is 1130. The molecule has 4 aromatic rings. The van der Waals surface area contributed by atoms with Gasteiger partial charge in [0, 0.05) is 18.3 Å². The van der Waals surface area contributed by atoms with Gasteiger partial charge in [0.15, 0.2) is 0 Å². The molecule has 2 heterocycles. The van der Waals surface area contributed by atoms with E-state index in [-0.39, 0.29) is 18.5 Å². The van der Waals surface area contributed by atoms with Crippen LogP contribution in [-0.2, 0) is 17.9 Å². The van der Waals surface area contributed by atoms with Crippen molar-refractivity contribution in [3.63, 3.8) is 0 Å². The van der Waals surface area contributed by atoms with Crippen molar-refractivity contribution in [2.24, 2.45) is 0 Å². The first-order chi connectivity index (χ1) is 15.1. The molecule has 4 rings (SSSR count). The molecule has 1 amide bonds. The number of carbonyl (C=O) groups excluding carboxylic acids is 1. The molecular weight excluding hydrogens is 388 g/mol. The maximum Gasteiger partial charge on any atom is 0.247 e. The number of pyridine rings is 1. The van der Waals surface area contributed by atoms with Crippen molar-refractivity contribution in [2.75, 3.05) is 0 Å². The van der Waals surface area contributed by atoms with E-state index < -0.39 is 0 Å². The second-order valence-corrected chi connectivity index (χ2v) is 7.45. The largest absolute Gasteiger partial charge is 0.328 e. The lowest BCUT2D eigenvalue weighted by molar-refractivity contribution is -0.135. The molecule has 0 bridgehead atoms. The van der Waals surface area contributed by atoms with Crippen LogP contribution >= 0.6 is 0 Å². The average molecular weight is 412 g/mol. The fourth-order valence-corrected chi connectivity index (χ4v) is 3.34. The predicted molar refractivity (Wildman–Crippen MR) is 118 cm³/mol. The van der Waals surface area contributed by atoms with Crippen molar-refractivity contribution >= 4 is 5.91 Å². The van der Waals surface area contributed by atoms with Crippen LogP contribution in [0.25, 0.3) is 11.4 Å². The highest BCUT2D eigenvalue weighted by Gasteiger charge is 2.24. The van der Waals surface area contributed by atoms with Crippen molar-refractivity contribution in [3.05, 3.63) is 95.8 Å². The van der Waals surface area contributed by atoms with Crippen molar-refractivity contribution in [3.8, 4) is 11.4 Å². The van der Waals surface area contributed by atoms with Crippen molar-refractivity contribution in [1.82, 2.24) is 30.1 Å². The van der Waals surface area contributed by atoms with Crippen LogP contribution in [0.5, 0.6) is 0 Å². The van der Waals surface area contributed by atoms with Crippen LogP contribution in [0, 0.1) is 6.92 Å². The summed E-state index contributed by atoms with van der Waals surface area (Å²) in [5.41, 5.74) is 3.91. The molecule has 156 valence electrons. The first kappa shape index (κ1) is 20.4. The van der Waals surface area contributed by atoms with E-state index in [1.807, 2.05) is 86.6 Å². The Hall–Kier alpha value is -3.87. The maximum absolute atomic E-state index is 13.3. The van der Waals surface area contributed by atoms with Crippen LogP contribution in [0.15, 0.2) is 79.0 Å². The standard InChI is InChI=1S/C24H24N6O/c1-18-11-13-21(14-12-18)24-26-28-30(27-24)17-23(31)29(16-20-8-4-3-5-9-20)19(2)22-10-6-7-15-25-22/h3-15,19H,16-17H2,1-2H3. The van der Waals surface area contributed by atoms with E-state index in [1.165, 1.54) is 4.80 Å². The van der Waals surface area contributed by atoms with Crippen molar-refractivity contribution < 1.29 is 4.79 Å². The number of rotatable bonds is 7. The lowest BCUT2D eigenvalue weighted by atomic mass is 10.1. The zero-order valence-corrected chi connectivity index (χ0v) is 17.6. The fourth-order valence-electron chi connectivity index (χ4n) is 3.34. The van der Waals surface area contributed by atoms with Gasteiger partial charge in [0.2, 0.25) is 11.7 Å². The van der Waals surface area contributed by atoms with Gasteiger partial charge in [-0.2, -0.15) is 4.80 Å². The minimum atomic E-state index is -0.200. The predicted octanol–water partition coefficient (Wildman–Crippen LogP) is 3.83. The van der Waals surface area contributed by atoms with Crippen LogP contribution in [0.1, 0.15) is 29.8 Å². The molecule has 0 N–H and O–H groups in total. The van der Waals surface area contributed by atoms with Crippen LogP contribution in [0.2, 0.25) is 0 Å². The smallest absolute Gasteiger partial charge is 0.247 e. The summed E-state index contributed by atoms with van der Waals surface area (Å²) in [5.74, 6) is 0.398. The quantitative estimate of drug-likeness (QED) is 0.461. The van der Waals surface area contributed by atoms with E-state index in [4.69, 9.17) is 0 Å². The fraction of sp³-hybridized carbons (Fsp3) is 0.208. The number of hydrogen-bond acceptors (Lipinski definition) is 5. The van der Waals surface area contributed by atoms with Crippen molar-refractivity contribution in [2.45, 2.75) is 33.0 Å². The Balaban J connectivity index is 1.55. The van der Waals surface area contributed by atoms with Gasteiger partial charge in [0.05, 0.1) is 11.7 Å². The van der Waals surface area contributed by atoms with Crippen LogP contribution in [-0.4, -0.2) is 36.0 Å². The van der Waals surface area contributed by atoms with E-state index in [9.17, 15) is 4.79 Å². The summed E-state index contributed by atoms with van der Waals surface area (Å²) in [7, 11) is 0. The summed E-state index contributed by atoms with van der Waals surface area (Å²) in [6.07, 6.45) is 1.74. The molecule has 7 heteroatoms. The minimum Gasteiger partial charge on any atom is -0.328 e. The Kier molecular flexibility index (Phi) is 6.12. The highest BCUT2D eigenvalue weighted by molar-refractivity contribution is 5.76. The molecular formula is C24H24N6O. The average Bonchev–Trinajstić information content (AvgIpc) is 3.27. The Morgan fingerprint density at radius 1 is 1.00 bits per heavy atom. The monoisotopic (exact) mass is 412 g/mol. The Labute approximate surface area is 181 Å². The Morgan fingerprint density at radius 3 is 2.45 bits per heavy atom. The van der Waals surface area contributed by atoms with Gasteiger partial charge >= 0.3 is 0 Å². The van der Waals surface area contributed by atoms with E-state index in [0.29, 0.717) is 12.4 Å². The molecule has 0 fully saturated rings. The van der Waals surface area contributed by atoms with Gasteiger partial charge < -0.3 is 4.90 Å². The number of amides is 1. The number of carbonyl (C=O) groups is 1. The van der Waals surface area contributed by atoms with Gasteiger partial charge in [-0.25, -0.2) is 0 Å². The number of aromatic nitrogens is 5. The molecule has 1 atom stereocenters. The third kappa shape index (κ3) is 5.01. The number of aryl methyl sites for hydroxylation is 1. The SMILES string of the molecule is Cc1ccc(-c2nnn(CC(=O)N(Cc3ccccc3)C(C)c3ccccn3)n2)cc1. The molecule has 1 unspecified atom stereocenters. The second kappa shape index (κ2) is 9.30. The summed E-state index contributed by atoms with van der Waals surface area (Å²) in [6.45, 7) is 4.48. The van der Waals surface area contributed by atoms with Crippen LogP contribution in [0.3, 0.4) is 0 Å². The van der Waals surface area contributed by atoms with Gasteiger partial charge in [0.1, 0.15) is 6.54 Å². The molecule has 7 nitrogen and oxygen atoms in total. The van der Waals surface area contributed by atoms with E-state index in [0.717, 1.165) is 22.4 Å².